The van der Waals surface area contributed by atoms with Gasteiger partial charge in [0.15, 0.2) is 5.82 Å². The molecule has 1 aromatic heterocycles. The second-order valence-corrected chi connectivity index (χ2v) is 5.76. The summed E-state index contributed by atoms with van der Waals surface area (Å²) < 4.78 is 0. The van der Waals surface area contributed by atoms with Gasteiger partial charge < -0.3 is 5.32 Å². The van der Waals surface area contributed by atoms with Gasteiger partial charge in [0.1, 0.15) is 6.04 Å². The molecule has 9 heteroatoms. The fraction of sp³-hybridized carbons (Fsp3) is 0.188. The van der Waals surface area contributed by atoms with Crippen LogP contribution in [0, 0.1) is 0 Å². The summed E-state index contributed by atoms with van der Waals surface area (Å²) in [5.74, 6) is -1.65. The van der Waals surface area contributed by atoms with Gasteiger partial charge in [-0.1, -0.05) is 6.07 Å². The van der Waals surface area contributed by atoms with Crippen LogP contribution in [-0.4, -0.2) is 44.8 Å². The average molecular weight is 339 g/mol. The third-order valence-electron chi connectivity index (χ3n) is 4.23. The summed E-state index contributed by atoms with van der Waals surface area (Å²) in [5, 5.41) is 11.8. The van der Waals surface area contributed by atoms with Crippen molar-refractivity contribution in [1.82, 2.24) is 20.4 Å². The monoisotopic (exact) mass is 339 g/mol. The molecule has 1 saturated heterocycles. The lowest BCUT2D eigenvalue weighted by Crippen LogP contribution is -2.54. The number of nitrogens with zero attached hydrogens (tertiary/aromatic N) is 2. The second kappa shape index (κ2) is 5.55. The number of hydrogen-bond donors (Lipinski definition) is 3. The number of aromatic amines is 1. The van der Waals surface area contributed by atoms with E-state index in [1.54, 1.807) is 24.4 Å². The van der Waals surface area contributed by atoms with Gasteiger partial charge in [-0.3, -0.25) is 34.5 Å². The predicted molar refractivity (Wildman–Crippen MR) is 85.0 cm³/mol. The Bertz CT molecular complexity index is 905. The summed E-state index contributed by atoms with van der Waals surface area (Å²) in [5.41, 5.74) is 0.841. The van der Waals surface area contributed by atoms with E-state index in [1.165, 1.54) is 6.07 Å². The third-order valence-corrected chi connectivity index (χ3v) is 4.23. The molecule has 0 radical (unpaired) electrons. The lowest BCUT2D eigenvalue weighted by atomic mass is 10.0. The van der Waals surface area contributed by atoms with Crippen LogP contribution in [0.5, 0.6) is 0 Å². The molecule has 9 nitrogen and oxygen atoms in total. The number of nitrogens with one attached hydrogen (secondary N) is 3. The van der Waals surface area contributed by atoms with E-state index in [-0.39, 0.29) is 24.0 Å². The topological polar surface area (TPSA) is 124 Å². The van der Waals surface area contributed by atoms with Gasteiger partial charge >= 0.3 is 0 Å². The highest BCUT2D eigenvalue weighted by Crippen LogP contribution is 2.33. The molecule has 0 spiro atoms. The summed E-state index contributed by atoms with van der Waals surface area (Å²) >= 11 is 0. The molecule has 2 aliphatic heterocycles. The summed E-state index contributed by atoms with van der Waals surface area (Å²) in [6.07, 6.45) is 1.83. The van der Waals surface area contributed by atoms with E-state index >= 15 is 0 Å². The number of fused-ring (bicyclic) bond motifs is 1. The van der Waals surface area contributed by atoms with Crippen molar-refractivity contribution in [2.75, 3.05) is 5.32 Å². The normalized spacial score (nSPS) is 19.8. The second-order valence-electron chi connectivity index (χ2n) is 5.76. The lowest BCUT2D eigenvalue weighted by molar-refractivity contribution is -0.136. The van der Waals surface area contributed by atoms with Crippen LogP contribution in [-0.2, 0) is 9.59 Å². The number of rotatable bonds is 3. The zero-order chi connectivity index (χ0) is 17.6. The summed E-state index contributed by atoms with van der Waals surface area (Å²) in [4.78, 5) is 49.8. The molecule has 0 aliphatic carbocycles. The highest BCUT2D eigenvalue weighted by Gasteiger charge is 2.45. The van der Waals surface area contributed by atoms with Crippen molar-refractivity contribution < 1.29 is 19.2 Å². The fourth-order valence-electron chi connectivity index (χ4n) is 3.09. The number of anilines is 2. The largest absolute Gasteiger partial charge is 0.338 e. The number of hydrogen-bond acceptors (Lipinski definition) is 6. The van der Waals surface area contributed by atoms with E-state index in [1.807, 2.05) is 0 Å². The Labute approximate surface area is 141 Å². The van der Waals surface area contributed by atoms with Crippen LogP contribution in [0.25, 0.3) is 0 Å². The predicted octanol–water partition coefficient (Wildman–Crippen LogP) is 0.554. The zero-order valence-corrected chi connectivity index (χ0v) is 12.9. The van der Waals surface area contributed by atoms with E-state index in [2.05, 4.69) is 20.8 Å². The summed E-state index contributed by atoms with van der Waals surface area (Å²) in [6, 6.07) is 5.54. The number of carbonyl (C=O) groups excluding carboxylic acids is 4. The van der Waals surface area contributed by atoms with Crippen LogP contribution in [0.4, 0.5) is 11.5 Å². The first-order chi connectivity index (χ1) is 12.1. The van der Waals surface area contributed by atoms with Crippen LogP contribution < -0.4 is 10.6 Å². The van der Waals surface area contributed by atoms with Gasteiger partial charge in [-0.25, -0.2) is 0 Å². The first kappa shape index (κ1) is 15.1. The number of aromatic nitrogens is 2. The van der Waals surface area contributed by atoms with Crippen LogP contribution in [0.1, 0.15) is 33.6 Å². The van der Waals surface area contributed by atoms with Crippen molar-refractivity contribution in [2.45, 2.75) is 18.9 Å². The number of amides is 4. The maximum Gasteiger partial charge on any atom is 0.264 e. The van der Waals surface area contributed by atoms with E-state index in [0.29, 0.717) is 11.5 Å². The standard InChI is InChI=1S/C16H13N5O4/c22-12-5-4-10(14(23)19-12)21-15(24)8-2-1-3-9(13(8)16(21)25)18-11-6-7-17-20-11/h1-3,6-7,10H,4-5H2,(H2,17,18,20)(H,19,22,23). The first-order valence-electron chi connectivity index (χ1n) is 7.67. The Balaban J connectivity index is 1.70. The molecule has 1 fully saturated rings. The Kier molecular flexibility index (Phi) is 3.34. The molecular formula is C16H13N5O4. The van der Waals surface area contributed by atoms with Gasteiger partial charge in [-0.2, -0.15) is 5.10 Å². The number of benzene rings is 1. The van der Waals surface area contributed by atoms with Crippen LogP contribution in [0.3, 0.4) is 0 Å². The first-order valence-corrected chi connectivity index (χ1v) is 7.67. The maximum absolute atomic E-state index is 12.9. The zero-order valence-electron chi connectivity index (χ0n) is 12.9. The molecule has 25 heavy (non-hydrogen) atoms. The van der Waals surface area contributed by atoms with E-state index < -0.39 is 29.7 Å². The lowest BCUT2D eigenvalue weighted by Gasteiger charge is -2.27. The third kappa shape index (κ3) is 2.36. The van der Waals surface area contributed by atoms with Crippen molar-refractivity contribution in [2.24, 2.45) is 0 Å². The average Bonchev–Trinajstić information content (AvgIpc) is 3.17. The van der Waals surface area contributed by atoms with Gasteiger partial charge in [0, 0.05) is 18.7 Å². The molecule has 0 saturated carbocycles. The molecule has 4 rings (SSSR count). The Morgan fingerprint density at radius 2 is 1.96 bits per heavy atom. The minimum atomic E-state index is -0.983. The minimum absolute atomic E-state index is 0.0855. The van der Waals surface area contributed by atoms with Gasteiger partial charge in [0.25, 0.3) is 11.8 Å². The van der Waals surface area contributed by atoms with Crippen molar-refractivity contribution >= 4 is 35.1 Å². The molecule has 3 heterocycles. The van der Waals surface area contributed by atoms with Crippen LogP contribution in [0.15, 0.2) is 30.5 Å². The molecule has 4 amide bonds. The van der Waals surface area contributed by atoms with Crippen LogP contribution in [0.2, 0.25) is 0 Å². The minimum Gasteiger partial charge on any atom is -0.338 e. The maximum atomic E-state index is 12.9. The van der Waals surface area contributed by atoms with Crippen molar-refractivity contribution in [3.05, 3.63) is 41.6 Å². The number of imide groups is 2. The Morgan fingerprint density at radius 1 is 1.12 bits per heavy atom. The molecule has 2 aliphatic rings. The number of piperidine rings is 1. The van der Waals surface area contributed by atoms with Crippen LogP contribution >= 0.6 is 0 Å². The van der Waals surface area contributed by atoms with Crippen molar-refractivity contribution in [1.29, 1.82) is 0 Å². The SMILES string of the molecule is O=C1CCC(N2C(=O)c3cccc(Nc4cc[nH]n4)c3C2=O)C(=O)N1. The fourth-order valence-corrected chi connectivity index (χ4v) is 3.09. The molecule has 1 unspecified atom stereocenters. The molecule has 1 aromatic carbocycles. The molecule has 3 N–H and O–H groups in total. The van der Waals surface area contributed by atoms with E-state index in [9.17, 15) is 19.2 Å². The highest BCUT2D eigenvalue weighted by atomic mass is 16.2. The van der Waals surface area contributed by atoms with Crippen molar-refractivity contribution in [3.8, 4) is 0 Å². The smallest absolute Gasteiger partial charge is 0.264 e. The van der Waals surface area contributed by atoms with Gasteiger partial charge in [-0.15, -0.1) is 0 Å². The molecule has 2 aromatic rings. The van der Waals surface area contributed by atoms with Crippen molar-refractivity contribution in [3.63, 3.8) is 0 Å². The van der Waals surface area contributed by atoms with E-state index in [0.717, 1.165) is 4.90 Å². The summed E-state index contributed by atoms with van der Waals surface area (Å²) in [7, 11) is 0. The number of H-pyrrole nitrogens is 1. The Hall–Kier alpha value is -3.49. The van der Waals surface area contributed by atoms with Gasteiger partial charge in [0.2, 0.25) is 11.8 Å². The number of carbonyl (C=O) groups is 4. The van der Waals surface area contributed by atoms with E-state index in [4.69, 9.17) is 0 Å². The quantitative estimate of drug-likeness (QED) is 0.702. The molecule has 0 bridgehead atoms. The molecular weight excluding hydrogens is 326 g/mol. The Morgan fingerprint density at radius 3 is 2.68 bits per heavy atom. The van der Waals surface area contributed by atoms with Gasteiger partial charge in [0.05, 0.1) is 16.8 Å². The highest BCUT2D eigenvalue weighted by molar-refractivity contribution is 6.25. The van der Waals surface area contributed by atoms with Gasteiger partial charge in [-0.05, 0) is 18.6 Å². The molecule has 1 atom stereocenters. The molecule has 126 valence electrons. The summed E-state index contributed by atoms with van der Waals surface area (Å²) in [6.45, 7) is 0.